The molecule has 0 radical (unpaired) electrons. The molecule has 3 aromatic heterocycles. The van der Waals surface area contributed by atoms with Gasteiger partial charge in [-0.1, -0.05) is 29.8 Å². The lowest BCUT2D eigenvalue weighted by atomic mass is 9.96. The number of nitrogens with one attached hydrogen (secondary N) is 1. The summed E-state index contributed by atoms with van der Waals surface area (Å²) in [4.78, 5) is 11.2. The molecule has 6 rings (SSSR count). The standard InChI is InChI=1S/C33H31N5OS/c1-22-9-13-27(14-10-22)39-28-15-11-26(12-16-28)38-32(31(36-33(38)40)30-8-4-5-18-35-30)29-19-23(2)37(24(29)3)21-25-7-6-17-34-20-25/h4-20,31-32H,21H2,1-3H3,(H,36,40)/t31-,32-/m1/s1. The number of aromatic nitrogens is 3. The minimum atomic E-state index is -0.107. The summed E-state index contributed by atoms with van der Waals surface area (Å²) in [6.07, 6.45) is 5.57. The van der Waals surface area contributed by atoms with Crippen LogP contribution in [0.5, 0.6) is 11.5 Å². The Morgan fingerprint density at radius 3 is 2.30 bits per heavy atom. The molecule has 0 saturated carbocycles. The maximum atomic E-state index is 6.09. The monoisotopic (exact) mass is 545 g/mol. The summed E-state index contributed by atoms with van der Waals surface area (Å²) in [6, 6.07) is 28.4. The number of hydrogen-bond acceptors (Lipinski definition) is 4. The Morgan fingerprint density at radius 2 is 1.62 bits per heavy atom. The van der Waals surface area contributed by atoms with Gasteiger partial charge in [-0.3, -0.25) is 9.97 Å². The summed E-state index contributed by atoms with van der Waals surface area (Å²) in [5, 5.41) is 4.25. The summed E-state index contributed by atoms with van der Waals surface area (Å²) in [6.45, 7) is 7.17. The van der Waals surface area contributed by atoms with Gasteiger partial charge in [-0.2, -0.15) is 0 Å². The molecule has 40 heavy (non-hydrogen) atoms. The van der Waals surface area contributed by atoms with E-state index in [2.05, 4.69) is 70.9 Å². The second-order valence-electron chi connectivity index (χ2n) is 10.2. The van der Waals surface area contributed by atoms with Crippen molar-refractivity contribution in [3.8, 4) is 11.5 Å². The molecule has 1 saturated heterocycles. The Hall–Kier alpha value is -4.49. The van der Waals surface area contributed by atoms with E-state index in [1.165, 1.54) is 28.1 Å². The highest BCUT2D eigenvalue weighted by Crippen LogP contribution is 2.43. The van der Waals surface area contributed by atoms with E-state index in [4.69, 9.17) is 21.9 Å². The van der Waals surface area contributed by atoms with Gasteiger partial charge in [0.1, 0.15) is 11.5 Å². The summed E-state index contributed by atoms with van der Waals surface area (Å²) in [5.74, 6) is 1.59. The lowest BCUT2D eigenvalue weighted by Gasteiger charge is -2.28. The second kappa shape index (κ2) is 10.9. The maximum absolute atomic E-state index is 6.09. The number of thiocarbonyl (C=S) groups is 1. The summed E-state index contributed by atoms with van der Waals surface area (Å²) in [5.41, 5.74) is 7.91. The Bertz CT molecular complexity index is 1620. The lowest BCUT2D eigenvalue weighted by Crippen LogP contribution is -2.29. The van der Waals surface area contributed by atoms with Gasteiger partial charge < -0.3 is 19.5 Å². The second-order valence-corrected chi connectivity index (χ2v) is 10.6. The minimum Gasteiger partial charge on any atom is -0.457 e. The summed E-state index contributed by atoms with van der Waals surface area (Å²) >= 11 is 5.96. The van der Waals surface area contributed by atoms with Gasteiger partial charge in [0.05, 0.1) is 17.8 Å². The van der Waals surface area contributed by atoms with Crippen LogP contribution in [0.15, 0.2) is 104 Å². The quantitative estimate of drug-likeness (QED) is 0.218. The van der Waals surface area contributed by atoms with Gasteiger partial charge in [-0.05, 0) is 105 Å². The zero-order chi connectivity index (χ0) is 27.6. The largest absolute Gasteiger partial charge is 0.457 e. The molecule has 1 fully saturated rings. The number of pyridine rings is 2. The molecule has 2 atom stereocenters. The van der Waals surface area contributed by atoms with Crippen LogP contribution in [0.2, 0.25) is 0 Å². The molecular weight excluding hydrogens is 514 g/mol. The fourth-order valence-corrected chi connectivity index (χ4v) is 5.76. The molecule has 0 aliphatic carbocycles. The predicted octanol–water partition coefficient (Wildman–Crippen LogP) is 7.22. The Kier molecular flexibility index (Phi) is 7.05. The van der Waals surface area contributed by atoms with Crippen molar-refractivity contribution in [3.05, 3.63) is 137 Å². The number of nitrogens with zero attached hydrogens (tertiary/aromatic N) is 4. The van der Waals surface area contributed by atoms with Crippen molar-refractivity contribution in [2.75, 3.05) is 4.90 Å². The number of rotatable bonds is 7. The molecule has 0 spiro atoms. The molecule has 1 aliphatic rings. The van der Waals surface area contributed by atoms with Gasteiger partial charge in [-0.15, -0.1) is 0 Å². The zero-order valence-corrected chi connectivity index (χ0v) is 23.6. The third kappa shape index (κ3) is 5.08. The predicted molar refractivity (Wildman–Crippen MR) is 163 cm³/mol. The first-order chi connectivity index (χ1) is 19.5. The molecule has 0 bridgehead atoms. The first-order valence-electron chi connectivity index (χ1n) is 13.4. The molecule has 1 aliphatic heterocycles. The highest BCUT2D eigenvalue weighted by Gasteiger charge is 2.42. The Morgan fingerprint density at radius 1 is 0.875 bits per heavy atom. The molecule has 0 unspecified atom stereocenters. The van der Waals surface area contributed by atoms with Gasteiger partial charge in [0, 0.05) is 42.2 Å². The fourth-order valence-electron chi connectivity index (χ4n) is 5.41. The number of aryl methyl sites for hydroxylation is 2. The van der Waals surface area contributed by atoms with Crippen LogP contribution in [0.25, 0.3) is 0 Å². The van der Waals surface area contributed by atoms with E-state index in [-0.39, 0.29) is 12.1 Å². The van der Waals surface area contributed by atoms with E-state index in [0.29, 0.717) is 5.11 Å². The lowest BCUT2D eigenvalue weighted by molar-refractivity contribution is 0.482. The van der Waals surface area contributed by atoms with Gasteiger partial charge in [0.2, 0.25) is 0 Å². The average molecular weight is 546 g/mol. The van der Waals surface area contributed by atoms with E-state index in [1.54, 1.807) is 0 Å². The highest BCUT2D eigenvalue weighted by atomic mass is 32.1. The topological polar surface area (TPSA) is 55.2 Å². The molecular formula is C33H31N5OS. The molecule has 0 amide bonds. The molecule has 200 valence electrons. The van der Waals surface area contributed by atoms with Crippen LogP contribution in [0, 0.1) is 20.8 Å². The van der Waals surface area contributed by atoms with Crippen LogP contribution in [-0.4, -0.2) is 19.6 Å². The van der Waals surface area contributed by atoms with Crippen molar-refractivity contribution in [2.24, 2.45) is 0 Å². The molecule has 4 heterocycles. The van der Waals surface area contributed by atoms with Crippen molar-refractivity contribution >= 4 is 23.0 Å². The van der Waals surface area contributed by atoms with E-state index < -0.39 is 0 Å². The van der Waals surface area contributed by atoms with E-state index >= 15 is 0 Å². The first kappa shape index (κ1) is 25.8. The van der Waals surface area contributed by atoms with Crippen LogP contribution >= 0.6 is 12.2 Å². The summed E-state index contributed by atoms with van der Waals surface area (Å²) < 4.78 is 8.44. The number of benzene rings is 2. The smallest absolute Gasteiger partial charge is 0.174 e. The number of ether oxygens (including phenoxy) is 1. The molecule has 7 heteroatoms. The van der Waals surface area contributed by atoms with E-state index in [0.717, 1.165) is 29.4 Å². The number of anilines is 1. The van der Waals surface area contributed by atoms with Crippen molar-refractivity contribution in [1.82, 2.24) is 19.9 Å². The SMILES string of the molecule is Cc1ccc(Oc2ccc(N3C(=S)N[C@H](c4ccccn4)[C@H]3c3cc(C)n(Cc4cccnc4)c3C)cc2)cc1. The molecule has 6 nitrogen and oxygen atoms in total. The first-order valence-corrected chi connectivity index (χ1v) is 13.8. The zero-order valence-electron chi connectivity index (χ0n) is 22.8. The Balaban J connectivity index is 1.37. The minimum absolute atomic E-state index is 0.0832. The molecule has 2 aromatic carbocycles. The normalized spacial score (nSPS) is 16.7. The maximum Gasteiger partial charge on any atom is 0.174 e. The highest BCUT2D eigenvalue weighted by molar-refractivity contribution is 7.80. The van der Waals surface area contributed by atoms with Crippen molar-refractivity contribution in [3.63, 3.8) is 0 Å². The Labute approximate surface area is 240 Å². The summed E-state index contributed by atoms with van der Waals surface area (Å²) in [7, 11) is 0. The molecule has 5 aromatic rings. The van der Waals surface area contributed by atoms with Crippen LogP contribution < -0.4 is 15.0 Å². The van der Waals surface area contributed by atoms with Crippen LogP contribution in [0.1, 0.15) is 45.9 Å². The van der Waals surface area contributed by atoms with E-state index in [1.807, 2.05) is 73.2 Å². The van der Waals surface area contributed by atoms with Crippen molar-refractivity contribution in [1.29, 1.82) is 0 Å². The number of hydrogen-bond donors (Lipinski definition) is 1. The van der Waals surface area contributed by atoms with Crippen LogP contribution in [-0.2, 0) is 6.54 Å². The van der Waals surface area contributed by atoms with Gasteiger partial charge in [0.15, 0.2) is 5.11 Å². The van der Waals surface area contributed by atoms with Crippen molar-refractivity contribution in [2.45, 2.75) is 39.4 Å². The third-order valence-corrected chi connectivity index (χ3v) is 7.78. The van der Waals surface area contributed by atoms with E-state index in [9.17, 15) is 0 Å². The van der Waals surface area contributed by atoms with Gasteiger partial charge >= 0.3 is 0 Å². The fraction of sp³-hybridized carbons (Fsp3) is 0.182. The van der Waals surface area contributed by atoms with Gasteiger partial charge in [-0.25, -0.2) is 0 Å². The van der Waals surface area contributed by atoms with Crippen molar-refractivity contribution < 1.29 is 4.74 Å². The average Bonchev–Trinajstić information content (AvgIpc) is 3.46. The van der Waals surface area contributed by atoms with Crippen LogP contribution in [0.4, 0.5) is 5.69 Å². The van der Waals surface area contributed by atoms with Gasteiger partial charge in [0.25, 0.3) is 0 Å². The third-order valence-electron chi connectivity index (χ3n) is 7.46. The van der Waals surface area contributed by atoms with Crippen LogP contribution in [0.3, 0.4) is 0 Å². The molecule has 1 N–H and O–H groups in total.